The van der Waals surface area contributed by atoms with Gasteiger partial charge < -0.3 is 14.8 Å². The van der Waals surface area contributed by atoms with Crippen molar-refractivity contribution in [1.82, 2.24) is 29.5 Å². The van der Waals surface area contributed by atoms with Gasteiger partial charge in [0, 0.05) is 43.7 Å². The van der Waals surface area contributed by atoms with Gasteiger partial charge in [-0.1, -0.05) is 18.2 Å². The van der Waals surface area contributed by atoms with E-state index in [0.717, 1.165) is 4.90 Å². The van der Waals surface area contributed by atoms with E-state index < -0.39 is 42.2 Å². The van der Waals surface area contributed by atoms with Gasteiger partial charge in [-0.15, -0.1) is 0 Å². The highest BCUT2D eigenvalue weighted by Gasteiger charge is 2.40. The Kier molecular flexibility index (Phi) is 5.40. The van der Waals surface area contributed by atoms with Crippen molar-refractivity contribution < 1.29 is 27.6 Å². The van der Waals surface area contributed by atoms with Crippen molar-refractivity contribution in [3.8, 4) is 0 Å². The first-order chi connectivity index (χ1) is 19.2. The molecule has 3 aliphatic heterocycles. The number of benzene rings is 1. The molecule has 0 saturated carbocycles. The third kappa shape index (κ3) is 3.74. The molecule has 1 saturated heterocycles. The van der Waals surface area contributed by atoms with E-state index in [1.54, 1.807) is 40.9 Å². The van der Waals surface area contributed by atoms with Gasteiger partial charge in [-0.05, 0) is 29.7 Å². The van der Waals surface area contributed by atoms with Crippen molar-refractivity contribution in [2.45, 2.75) is 37.9 Å². The van der Waals surface area contributed by atoms with Gasteiger partial charge in [0.1, 0.15) is 11.7 Å². The molecule has 0 spiro atoms. The molecule has 40 heavy (non-hydrogen) atoms. The Morgan fingerprint density at radius 1 is 1.10 bits per heavy atom. The highest BCUT2D eigenvalue weighted by atomic mass is 19.3. The van der Waals surface area contributed by atoms with E-state index in [1.165, 1.54) is 16.8 Å². The van der Waals surface area contributed by atoms with E-state index >= 15 is 4.39 Å². The molecule has 7 rings (SSSR count). The highest BCUT2D eigenvalue weighted by Crippen LogP contribution is 2.38. The molecule has 0 aliphatic carbocycles. The van der Waals surface area contributed by atoms with Crippen molar-refractivity contribution in [2.75, 3.05) is 13.1 Å². The number of pyridine rings is 1. The molecule has 0 bridgehead atoms. The summed E-state index contributed by atoms with van der Waals surface area (Å²) in [6.07, 6.45) is 3.18. The number of piperidine rings is 1. The van der Waals surface area contributed by atoms with E-state index in [9.17, 15) is 23.2 Å². The second-order valence-corrected chi connectivity index (χ2v) is 10.4. The monoisotopic (exact) mass is 548 g/mol. The molecule has 1 aromatic carbocycles. The normalized spacial score (nSPS) is 20.9. The Labute approximate surface area is 225 Å². The lowest BCUT2D eigenvalue weighted by molar-refractivity contribution is -0.144. The number of aromatic nitrogens is 3. The number of nitrogens with one attached hydrogen (secondary N) is 2. The number of fused-ring (bicyclic) bond motifs is 1. The van der Waals surface area contributed by atoms with E-state index in [1.807, 2.05) is 0 Å². The van der Waals surface area contributed by atoms with Crippen LogP contribution in [0.3, 0.4) is 0 Å². The van der Waals surface area contributed by atoms with Crippen LogP contribution in [0.5, 0.6) is 0 Å². The molecule has 1 unspecified atom stereocenters. The van der Waals surface area contributed by atoms with Crippen LogP contribution >= 0.6 is 0 Å². The first-order valence-electron chi connectivity index (χ1n) is 13.0. The van der Waals surface area contributed by atoms with Crippen LogP contribution in [0.2, 0.25) is 0 Å². The Balaban J connectivity index is 1.33. The number of hydrogen-bond donors (Lipinski definition) is 2. The Hall–Kier alpha value is -4.45. The Morgan fingerprint density at radius 3 is 2.75 bits per heavy atom. The molecule has 1 atom stereocenters. The number of rotatable bonds is 3. The second-order valence-electron chi connectivity index (χ2n) is 10.4. The zero-order valence-electron chi connectivity index (χ0n) is 21.1. The first-order valence-corrected chi connectivity index (χ1v) is 13.0. The van der Waals surface area contributed by atoms with Crippen molar-refractivity contribution in [3.63, 3.8) is 0 Å². The molecule has 2 N–H and O–H groups in total. The topological polar surface area (TPSA) is 101 Å². The third-order valence-corrected chi connectivity index (χ3v) is 7.87. The summed E-state index contributed by atoms with van der Waals surface area (Å²) in [7, 11) is 0. The first kappa shape index (κ1) is 24.6. The molecule has 3 aromatic heterocycles. The fraction of sp³-hybridized carbons (Fsp3) is 0.286. The summed E-state index contributed by atoms with van der Waals surface area (Å²) in [5, 5.41) is 5.86. The maximum atomic E-state index is 15.5. The number of halogens is 3. The lowest BCUT2D eigenvalue weighted by Crippen LogP contribution is -2.53. The maximum Gasteiger partial charge on any atom is 0.265 e. The van der Waals surface area contributed by atoms with Crippen LogP contribution in [0.4, 0.5) is 13.2 Å². The van der Waals surface area contributed by atoms with Crippen molar-refractivity contribution in [1.29, 1.82) is 0 Å². The molecule has 4 aromatic rings. The van der Waals surface area contributed by atoms with Crippen LogP contribution in [0, 0.1) is 5.95 Å². The average Bonchev–Trinajstić information content (AvgIpc) is 3.52. The third-order valence-electron chi connectivity index (χ3n) is 7.87. The molecule has 12 heteroatoms. The number of hydrogen-bond acceptors (Lipinski definition) is 5. The van der Waals surface area contributed by atoms with Crippen LogP contribution < -0.4 is 10.6 Å². The van der Waals surface area contributed by atoms with Gasteiger partial charge in [-0.3, -0.25) is 24.1 Å². The molecule has 9 nitrogen and oxygen atoms in total. The molecular weight excluding hydrogens is 525 g/mol. The number of carbonyl (C=O) groups is 3. The molecule has 0 radical (unpaired) electrons. The zero-order chi connectivity index (χ0) is 27.8. The fourth-order valence-corrected chi connectivity index (χ4v) is 6.06. The van der Waals surface area contributed by atoms with Gasteiger partial charge in [0.05, 0.1) is 35.1 Å². The van der Waals surface area contributed by atoms with Gasteiger partial charge in [-0.2, -0.15) is 4.39 Å². The average molecular weight is 549 g/mol. The van der Waals surface area contributed by atoms with E-state index in [4.69, 9.17) is 0 Å². The summed E-state index contributed by atoms with van der Waals surface area (Å²) in [5.41, 5.74) is 2.73. The van der Waals surface area contributed by atoms with Crippen LogP contribution in [-0.2, 0) is 27.5 Å². The molecule has 204 valence electrons. The van der Waals surface area contributed by atoms with Crippen molar-refractivity contribution in [2.24, 2.45) is 0 Å². The minimum absolute atomic E-state index is 0.0970. The van der Waals surface area contributed by atoms with Gasteiger partial charge in [0.15, 0.2) is 5.95 Å². The summed E-state index contributed by atoms with van der Waals surface area (Å²) in [6.45, 7) is -0.368. The van der Waals surface area contributed by atoms with Crippen molar-refractivity contribution >= 4 is 45.4 Å². The summed E-state index contributed by atoms with van der Waals surface area (Å²) in [5.74, 6) is -5.30. The zero-order valence-corrected chi connectivity index (χ0v) is 21.1. The number of likely N-dealkylation sites (tertiary alicyclic amines) is 1. The predicted molar refractivity (Wildman–Crippen MR) is 138 cm³/mol. The summed E-state index contributed by atoms with van der Waals surface area (Å²) < 4.78 is 46.6. The SMILES string of the molecule is O=C1NC(=O)C(c2cnc3ccccn23)=C1c1ccc2c3c1cc(F)n3CC(C(=O)N1CCCC(F)(F)C1)NC2. The van der Waals surface area contributed by atoms with Gasteiger partial charge in [0.25, 0.3) is 17.7 Å². The highest BCUT2D eigenvalue weighted by molar-refractivity contribution is 6.49. The Morgan fingerprint density at radius 2 is 1.93 bits per heavy atom. The molecule has 3 amide bonds. The summed E-state index contributed by atoms with van der Waals surface area (Å²) in [6, 6.07) is 9.10. The maximum absolute atomic E-state index is 15.5. The second kappa shape index (κ2) is 8.78. The minimum atomic E-state index is -2.95. The lowest BCUT2D eigenvalue weighted by Gasteiger charge is -2.34. The van der Waals surface area contributed by atoms with Crippen LogP contribution in [-0.4, -0.2) is 61.6 Å². The van der Waals surface area contributed by atoms with Gasteiger partial charge in [-0.25, -0.2) is 13.8 Å². The van der Waals surface area contributed by atoms with Crippen LogP contribution in [0.15, 0.2) is 48.8 Å². The molecule has 3 aliphatic rings. The molecule has 6 heterocycles. The minimum Gasteiger partial charge on any atom is -0.335 e. The van der Waals surface area contributed by atoms with E-state index in [0.29, 0.717) is 33.4 Å². The number of imide groups is 1. The van der Waals surface area contributed by atoms with E-state index in [2.05, 4.69) is 15.6 Å². The largest absolute Gasteiger partial charge is 0.335 e. The number of amides is 3. The fourth-order valence-electron chi connectivity index (χ4n) is 6.06. The number of alkyl halides is 2. The van der Waals surface area contributed by atoms with Crippen molar-refractivity contribution in [3.05, 3.63) is 71.6 Å². The predicted octanol–water partition coefficient (Wildman–Crippen LogP) is 2.72. The quantitative estimate of drug-likeness (QED) is 0.384. The number of nitrogens with zero attached hydrogens (tertiary/aromatic N) is 4. The summed E-state index contributed by atoms with van der Waals surface area (Å²) >= 11 is 0. The van der Waals surface area contributed by atoms with Crippen LogP contribution in [0.25, 0.3) is 27.7 Å². The Bertz CT molecular complexity index is 1790. The standard InChI is InChI=1S/C28H23F3N6O3/c29-20-10-17-16(22-23(26(39)34-25(22)38)19-12-33-21-4-1-2-9-36(19)21)6-5-15-11-32-18(13-37(20)24(15)17)27(40)35-8-3-7-28(30,31)14-35/h1-2,4-6,9-10,12,18,32H,3,7-8,11,13-14H2,(H,34,38,39). The van der Waals surface area contributed by atoms with E-state index in [-0.39, 0.29) is 43.6 Å². The number of imidazole rings is 1. The van der Waals surface area contributed by atoms with Gasteiger partial charge >= 0.3 is 0 Å². The van der Waals surface area contributed by atoms with Crippen LogP contribution in [0.1, 0.15) is 29.7 Å². The lowest BCUT2D eigenvalue weighted by atomic mass is 9.95. The summed E-state index contributed by atoms with van der Waals surface area (Å²) in [4.78, 5) is 44.8. The molecular formula is C28H23F3N6O3. The smallest absolute Gasteiger partial charge is 0.265 e. The number of carbonyl (C=O) groups excluding carboxylic acids is 3. The van der Waals surface area contributed by atoms with Gasteiger partial charge in [0.2, 0.25) is 5.91 Å². The molecule has 1 fully saturated rings.